The Bertz CT molecular complexity index is 848. The third-order valence-corrected chi connectivity index (χ3v) is 4.64. The van der Waals surface area contributed by atoms with Gasteiger partial charge >= 0.3 is 0 Å². The van der Waals surface area contributed by atoms with Gasteiger partial charge in [-0.15, -0.1) is 0 Å². The summed E-state index contributed by atoms with van der Waals surface area (Å²) in [4.78, 5) is 26.7. The van der Waals surface area contributed by atoms with Crippen LogP contribution in [0.1, 0.15) is 35.9 Å². The second-order valence-electron chi connectivity index (χ2n) is 6.93. The van der Waals surface area contributed by atoms with Gasteiger partial charge in [-0.2, -0.15) is 5.10 Å². The second kappa shape index (κ2) is 10.1. The summed E-state index contributed by atoms with van der Waals surface area (Å²) in [6.07, 6.45) is 2.00. The molecule has 0 radical (unpaired) electrons. The number of aromatic amines is 1. The molecule has 0 atom stereocenters. The highest BCUT2D eigenvalue weighted by molar-refractivity contribution is 6.03. The molecular weight excluding hydrogens is 377 g/mol. The van der Waals surface area contributed by atoms with Gasteiger partial charge in [-0.3, -0.25) is 19.6 Å². The molecule has 1 aliphatic heterocycles. The number of carbonyl (C=O) groups excluding carboxylic acids is 2. The van der Waals surface area contributed by atoms with Crippen molar-refractivity contribution in [3.05, 3.63) is 41.5 Å². The molecule has 0 spiro atoms. The van der Waals surface area contributed by atoms with Gasteiger partial charge in [0.15, 0.2) is 5.69 Å². The molecule has 1 saturated heterocycles. The first-order chi connectivity index (χ1) is 14.0. The van der Waals surface area contributed by atoms with Crippen molar-refractivity contribution >= 4 is 23.2 Å². The van der Waals surface area contributed by atoms with Gasteiger partial charge in [0.25, 0.3) is 5.91 Å². The van der Waals surface area contributed by atoms with Crippen molar-refractivity contribution < 1.29 is 18.7 Å². The number of carbonyl (C=O) groups is 2. The smallest absolute Gasteiger partial charge is 0.276 e. The zero-order valence-corrected chi connectivity index (χ0v) is 16.5. The molecular formula is C20H26FN5O3. The zero-order chi connectivity index (χ0) is 20.6. The van der Waals surface area contributed by atoms with Crippen LogP contribution in [0.25, 0.3) is 0 Å². The van der Waals surface area contributed by atoms with Crippen LogP contribution >= 0.6 is 0 Å². The van der Waals surface area contributed by atoms with E-state index in [0.29, 0.717) is 25.4 Å². The quantitative estimate of drug-likeness (QED) is 0.629. The number of morpholine rings is 1. The summed E-state index contributed by atoms with van der Waals surface area (Å²) >= 11 is 0. The average Bonchev–Trinajstić information content (AvgIpc) is 3.19. The van der Waals surface area contributed by atoms with Crippen LogP contribution in [0.4, 0.5) is 15.8 Å². The van der Waals surface area contributed by atoms with Crippen LogP contribution in [0.5, 0.6) is 0 Å². The number of H-pyrrole nitrogens is 1. The molecule has 3 rings (SSSR count). The average molecular weight is 403 g/mol. The third-order valence-electron chi connectivity index (χ3n) is 4.64. The van der Waals surface area contributed by atoms with Crippen molar-refractivity contribution in [2.24, 2.45) is 0 Å². The molecule has 2 amide bonds. The first-order valence-electron chi connectivity index (χ1n) is 9.80. The Morgan fingerprint density at radius 3 is 2.79 bits per heavy atom. The number of nitrogens with zero attached hydrogens (tertiary/aromatic N) is 2. The summed E-state index contributed by atoms with van der Waals surface area (Å²) < 4.78 is 19.4. The van der Waals surface area contributed by atoms with Crippen LogP contribution in [-0.4, -0.2) is 59.8 Å². The number of nitrogens with one attached hydrogen (secondary N) is 3. The lowest BCUT2D eigenvalue weighted by atomic mass is 10.2. The lowest BCUT2D eigenvalue weighted by Gasteiger charge is -2.26. The number of hydrogen-bond donors (Lipinski definition) is 3. The summed E-state index contributed by atoms with van der Waals surface area (Å²) in [6, 6.07) is 5.74. The molecule has 3 N–H and O–H groups in total. The molecule has 156 valence electrons. The van der Waals surface area contributed by atoms with E-state index in [4.69, 9.17) is 4.74 Å². The standard InChI is InChI=1S/C20H26FN5O3/c1-2-3-15-13-18(25-24-15)20(28)22-14-4-5-16(21)17(12-14)23-19(27)6-7-26-8-10-29-11-9-26/h4-5,12-13H,2-3,6-11H2,1H3,(H,22,28)(H,23,27)(H,24,25). The molecule has 1 aromatic heterocycles. The van der Waals surface area contributed by atoms with Crippen molar-refractivity contribution in [2.75, 3.05) is 43.5 Å². The fourth-order valence-electron chi connectivity index (χ4n) is 3.07. The first-order valence-corrected chi connectivity index (χ1v) is 9.80. The van der Waals surface area contributed by atoms with Crippen molar-refractivity contribution in [3.63, 3.8) is 0 Å². The molecule has 1 fully saturated rings. The number of benzene rings is 1. The Balaban J connectivity index is 1.56. The summed E-state index contributed by atoms with van der Waals surface area (Å²) in [6.45, 7) is 5.52. The normalized spacial score (nSPS) is 14.6. The summed E-state index contributed by atoms with van der Waals surface area (Å²) in [5.41, 5.74) is 1.54. The number of anilines is 2. The van der Waals surface area contributed by atoms with Gasteiger partial charge in [0, 0.05) is 37.4 Å². The van der Waals surface area contributed by atoms with Gasteiger partial charge < -0.3 is 15.4 Å². The summed E-state index contributed by atoms with van der Waals surface area (Å²) in [5.74, 6) is -1.25. The molecule has 9 heteroatoms. The maximum absolute atomic E-state index is 14.1. The highest BCUT2D eigenvalue weighted by atomic mass is 19.1. The molecule has 1 aliphatic rings. The maximum Gasteiger partial charge on any atom is 0.276 e. The Kier molecular flexibility index (Phi) is 7.31. The lowest BCUT2D eigenvalue weighted by molar-refractivity contribution is -0.116. The predicted octanol–water partition coefficient (Wildman–Crippen LogP) is 2.41. The fourth-order valence-corrected chi connectivity index (χ4v) is 3.07. The number of amides is 2. The molecule has 29 heavy (non-hydrogen) atoms. The van der Waals surface area contributed by atoms with E-state index in [-0.39, 0.29) is 23.7 Å². The van der Waals surface area contributed by atoms with Crippen molar-refractivity contribution in [1.29, 1.82) is 0 Å². The molecule has 0 unspecified atom stereocenters. The minimum absolute atomic E-state index is 0.0310. The van der Waals surface area contributed by atoms with Crippen LogP contribution in [0.15, 0.2) is 24.3 Å². The fraction of sp³-hybridized carbons (Fsp3) is 0.450. The van der Waals surface area contributed by atoms with E-state index < -0.39 is 11.7 Å². The van der Waals surface area contributed by atoms with Crippen molar-refractivity contribution in [1.82, 2.24) is 15.1 Å². The number of hydrogen-bond acceptors (Lipinski definition) is 5. The van der Waals surface area contributed by atoms with Gasteiger partial charge in [-0.05, 0) is 30.7 Å². The molecule has 8 nitrogen and oxygen atoms in total. The topological polar surface area (TPSA) is 99.3 Å². The maximum atomic E-state index is 14.1. The van der Waals surface area contributed by atoms with Crippen LogP contribution in [-0.2, 0) is 16.0 Å². The van der Waals surface area contributed by atoms with E-state index >= 15 is 0 Å². The highest BCUT2D eigenvalue weighted by Gasteiger charge is 2.15. The third kappa shape index (κ3) is 6.10. The molecule has 1 aromatic carbocycles. The lowest BCUT2D eigenvalue weighted by Crippen LogP contribution is -2.38. The minimum atomic E-state index is -0.562. The molecule has 2 heterocycles. The Morgan fingerprint density at radius 1 is 1.24 bits per heavy atom. The van der Waals surface area contributed by atoms with Gasteiger partial charge in [-0.25, -0.2) is 4.39 Å². The zero-order valence-electron chi connectivity index (χ0n) is 16.5. The number of aromatic nitrogens is 2. The highest BCUT2D eigenvalue weighted by Crippen LogP contribution is 2.20. The SMILES string of the molecule is CCCc1cc(C(=O)Nc2ccc(F)c(NC(=O)CCN3CCOCC3)c2)n[nH]1. The number of aryl methyl sites for hydroxylation is 1. The van der Waals surface area contributed by atoms with Crippen LogP contribution in [0, 0.1) is 5.82 Å². The monoisotopic (exact) mass is 403 g/mol. The molecule has 0 saturated carbocycles. The van der Waals surface area contributed by atoms with Crippen molar-refractivity contribution in [3.8, 4) is 0 Å². The largest absolute Gasteiger partial charge is 0.379 e. The number of ether oxygens (including phenoxy) is 1. The molecule has 2 aromatic rings. The Hall–Kier alpha value is -2.78. The van der Waals surface area contributed by atoms with Crippen molar-refractivity contribution in [2.45, 2.75) is 26.2 Å². The Labute approximate surface area is 168 Å². The number of halogens is 1. The predicted molar refractivity (Wildman–Crippen MR) is 107 cm³/mol. The van der Waals surface area contributed by atoms with Crippen LogP contribution < -0.4 is 10.6 Å². The van der Waals surface area contributed by atoms with Gasteiger partial charge in [0.05, 0.1) is 18.9 Å². The second-order valence-corrected chi connectivity index (χ2v) is 6.93. The van der Waals surface area contributed by atoms with Gasteiger partial charge in [0.2, 0.25) is 5.91 Å². The number of rotatable bonds is 8. The minimum Gasteiger partial charge on any atom is -0.379 e. The van der Waals surface area contributed by atoms with E-state index in [2.05, 4.69) is 25.7 Å². The van der Waals surface area contributed by atoms with E-state index in [0.717, 1.165) is 31.6 Å². The first kappa shape index (κ1) is 20.9. The van der Waals surface area contributed by atoms with E-state index in [1.54, 1.807) is 6.07 Å². The summed E-state index contributed by atoms with van der Waals surface area (Å²) in [5, 5.41) is 12.1. The van der Waals surface area contributed by atoms with Crippen LogP contribution in [0.2, 0.25) is 0 Å². The molecule has 0 aliphatic carbocycles. The van der Waals surface area contributed by atoms with Gasteiger partial charge in [-0.1, -0.05) is 13.3 Å². The van der Waals surface area contributed by atoms with E-state index in [9.17, 15) is 14.0 Å². The summed E-state index contributed by atoms with van der Waals surface area (Å²) in [7, 11) is 0. The van der Waals surface area contributed by atoms with E-state index in [1.165, 1.54) is 18.2 Å². The molecule has 0 bridgehead atoms. The van der Waals surface area contributed by atoms with Gasteiger partial charge in [0.1, 0.15) is 5.82 Å². The Morgan fingerprint density at radius 2 is 2.03 bits per heavy atom. The van der Waals surface area contributed by atoms with Crippen LogP contribution in [0.3, 0.4) is 0 Å². The van der Waals surface area contributed by atoms with E-state index in [1.807, 2.05) is 6.92 Å².